The largest absolute Gasteiger partial charge is 0.438 e. The molecule has 0 spiro atoms. The highest BCUT2D eigenvalue weighted by molar-refractivity contribution is 6.36. The summed E-state index contributed by atoms with van der Waals surface area (Å²) in [6, 6.07) is 4.52. The fourth-order valence-electron chi connectivity index (χ4n) is 2.63. The van der Waals surface area contributed by atoms with Crippen molar-refractivity contribution in [3.8, 4) is 0 Å². The van der Waals surface area contributed by atoms with Gasteiger partial charge in [0.2, 0.25) is 5.91 Å². The van der Waals surface area contributed by atoms with Gasteiger partial charge in [0.25, 0.3) is 5.72 Å². The molecule has 24 heavy (non-hydrogen) atoms. The van der Waals surface area contributed by atoms with Crippen LogP contribution in [0, 0.1) is 5.92 Å². The first-order chi connectivity index (χ1) is 11.1. The highest BCUT2D eigenvalue weighted by atomic mass is 35.5. The molecule has 1 aliphatic heterocycles. The fourth-order valence-corrected chi connectivity index (χ4v) is 3.16. The molecule has 1 aromatic rings. The lowest BCUT2D eigenvalue weighted by Crippen LogP contribution is -2.57. The average Bonchev–Trinajstić information content (AvgIpc) is 3.25. The van der Waals surface area contributed by atoms with Crippen LogP contribution in [0.1, 0.15) is 24.8 Å². The third-order valence-electron chi connectivity index (χ3n) is 4.13. The maximum atomic E-state index is 13.3. The highest BCUT2D eigenvalue weighted by Crippen LogP contribution is 2.45. The minimum absolute atomic E-state index is 0.0967. The van der Waals surface area contributed by atoms with Crippen molar-refractivity contribution in [3.05, 3.63) is 33.8 Å². The van der Waals surface area contributed by atoms with Gasteiger partial charge >= 0.3 is 6.18 Å². The second kappa shape index (κ2) is 5.89. The predicted molar refractivity (Wildman–Crippen MR) is 82.8 cm³/mol. The number of aliphatic hydroxyl groups is 1. The standard InChI is InChI=1S/C15H13Cl2F3N2O2/c16-10-2-1-3-11(17)9(10)6-13(23)22-14(24,15(18,19)20)7-12(21-22)8-4-5-8/h1-3,8,24H,4-7H2/t14-/m0/s1. The number of hydrazone groups is 1. The third-order valence-corrected chi connectivity index (χ3v) is 4.84. The minimum atomic E-state index is -5.02. The van der Waals surface area contributed by atoms with Crippen molar-refractivity contribution in [1.82, 2.24) is 5.01 Å². The molecule has 1 N–H and O–H groups in total. The summed E-state index contributed by atoms with van der Waals surface area (Å²) < 4.78 is 40.0. The zero-order valence-corrected chi connectivity index (χ0v) is 13.8. The molecule has 1 aliphatic carbocycles. The molecule has 130 valence electrons. The van der Waals surface area contributed by atoms with Gasteiger partial charge < -0.3 is 5.11 Å². The van der Waals surface area contributed by atoms with Gasteiger partial charge in [-0.1, -0.05) is 29.3 Å². The van der Waals surface area contributed by atoms with E-state index in [2.05, 4.69) is 5.10 Å². The molecule has 4 nitrogen and oxygen atoms in total. The molecular formula is C15H13Cl2F3N2O2. The van der Waals surface area contributed by atoms with Crippen LogP contribution in [0.25, 0.3) is 0 Å². The van der Waals surface area contributed by atoms with E-state index >= 15 is 0 Å². The van der Waals surface area contributed by atoms with Gasteiger partial charge in [-0.2, -0.15) is 23.3 Å². The fraction of sp³-hybridized carbons (Fsp3) is 0.467. The highest BCUT2D eigenvalue weighted by Gasteiger charge is 2.64. The van der Waals surface area contributed by atoms with E-state index in [4.69, 9.17) is 23.2 Å². The average molecular weight is 381 g/mol. The maximum Gasteiger partial charge on any atom is 0.438 e. The monoisotopic (exact) mass is 380 g/mol. The molecule has 1 saturated carbocycles. The summed E-state index contributed by atoms with van der Waals surface area (Å²) in [7, 11) is 0. The number of halogens is 5. The van der Waals surface area contributed by atoms with E-state index < -0.39 is 30.7 Å². The van der Waals surface area contributed by atoms with Gasteiger partial charge in [-0.3, -0.25) is 4.79 Å². The first-order valence-electron chi connectivity index (χ1n) is 7.26. The molecule has 3 rings (SSSR count). The number of rotatable bonds is 3. The smallest absolute Gasteiger partial charge is 0.362 e. The molecule has 1 fully saturated rings. The van der Waals surface area contributed by atoms with E-state index in [0.717, 1.165) is 0 Å². The van der Waals surface area contributed by atoms with Crippen molar-refractivity contribution in [1.29, 1.82) is 0 Å². The summed E-state index contributed by atoms with van der Waals surface area (Å²) >= 11 is 11.9. The molecule has 0 aromatic heterocycles. The summed E-state index contributed by atoms with van der Waals surface area (Å²) in [5.41, 5.74) is -2.92. The Labute approximate surface area is 145 Å². The Hall–Kier alpha value is -1.31. The minimum Gasteiger partial charge on any atom is -0.362 e. The first kappa shape index (κ1) is 17.5. The Morgan fingerprint density at radius 1 is 1.33 bits per heavy atom. The molecular weight excluding hydrogens is 368 g/mol. The van der Waals surface area contributed by atoms with Gasteiger partial charge in [0.05, 0.1) is 6.42 Å². The molecule has 1 aromatic carbocycles. The van der Waals surface area contributed by atoms with Crippen LogP contribution in [0.3, 0.4) is 0 Å². The normalized spacial score (nSPS) is 24.2. The van der Waals surface area contributed by atoms with Crippen LogP contribution in [0.5, 0.6) is 0 Å². The summed E-state index contributed by atoms with van der Waals surface area (Å²) in [5.74, 6) is -1.11. The maximum absolute atomic E-state index is 13.3. The van der Waals surface area contributed by atoms with Gasteiger partial charge in [0, 0.05) is 22.2 Å². The number of hydrogen-bond donors (Lipinski definition) is 1. The summed E-state index contributed by atoms with van der Waals surface area (Å²) in [6.07, 6.45) is -4.80. The van der Waals surface area contributed by atoms with E-state index in [-0.39, 0.29) is 32.2 Å². The van der Waals surface area contributed by atoms with E-state index in [9.17, 15) is 23.1 Å². The van der Waals surface area contributed by atoms with Crippen molar-refractivity contribution >= 4 is 34.8 Å². The van der Waals surface area contributed by atoms with Crippen LogP contribution >= 0.6 is 23.2 Å². The molecule has 1 amide bonds. The number of carbonyl (C=O) groups excluding carboxylic acids is 1. The Bertz CT molecular complexity index is 699. The van der Waals surface area contributed by atoms with Gasteiger partial charge in [0.15, 0.2) is 0 Å². The van der Waals surface area contributed by atoms with E-state index in [1.165, 1.54) is 12.1 Å². The zero-order chi connectivity index (χ0) is 17.7. The van der Waals surface area contributed by atoms with Crippen LogP contribution in [0.2, 0.25) is 10.0 Å². The number of benzene rings is 1. The number of amides is 1. The summed E-state index contributed by atoms with van der Waals surface area (Å²) in [5, 5.41) is 14.4. The second-order valence-corrected chi connectivity index (χ2v) is 6.75. The van der Waals surface area contributed by atoms with E-state index in [1.54, 1.807) is 6.07 Å². The van der Waals surface area contributed by atoms with Crippen molar-refractivity contribution < 1.29 is 23.1 Å². The Morgan fingerprint density at radius 3 is 2.42 bits per heavy atom. The zero-order valence-electron chi connectivity index (χ0n) is 12.3. The lowest BCUT2D eigenvalue weighted by molar-refractivity contribution is -0.302. The van der Waals surface area contributed by atoms with Crippen molar-refractivity contribution in [3.63, 3.8) is 0 Å². The lowest BCUT2D eigenvalue weighted by atomic mass is 10.0. The number of carbonyl (C=O) groups is 1. The van der Waals surface area contributed by atoms with Gasteiger partial charge in [-0.05, 0) is 36.5 Å². The van der Waals surface area contributed by atoms with E-state index in [0.29, 0.717) is 12.8 Å². The van der Waals surface area contributed by atoms with Gasteiger partial charge in [0.1, 0.15) is 0 Å². The molecule has 0 unspecified atom stereocenters. The summed E-state index contributed by atoms with van der Waals surface area (Å²) in [4.78, 5) is 12.4. The molecule has 0 radical (unpaired) electrons. The molecule has 2 aliphatic rings. The predicted octanol–water partition coefficient (Wildman–Crippen LogP) is 3.79. The van der Waals surface area contributed by atoms with Crippen molar-refractivity contribution in [2.75, 3.05) is 0 Å². The Balaban J connectivity index is 1.91. The third kappa shape index (κ3) is 3.00. The van der Waals surface area contributed by atoms with Crippen LogP contribution in [0.4, 0.5) is 13.2 Å². The molecule has 1 heterocycles. The van der Waals surface area contributed by atoms with Crippen molar-refractivity contribution in [2.24, 2.45) is 11.0 Å². The number of alkyl halides is 3. The van der Waals surface area contributed by atoms with Crippen molar-refractivity contribution in [2.45, 2.75) is 37.6 Å². The van der Waals surface area contributed by atoms with E-state index in [1.807, 2.05) is 0 Å². The number of hydrogen-bond acceptors (Lipinski definition) is 3. The first-order valence-corrected chi connectivity index (χ1v) is 8.01. The molecule has 1 atom stereocenters. The van der Waals surface area contributed by atoms with Gasteiger partial charge in [-0.15, -0.1) is 0 Å². The molecule has 9 heteroatoms. The Kier molecular flexibility index (Phi) is 4.30. The van der Waals surface area contributed by atoms with Crippen LogP contribution in [-0.4, -0.2) is 33.6 Å². The molecule has 0 saturated heterocycles. The molecule has 0 bridgehead atoms. The van der Waals surface area contributed by atoms with Gasteiger partial charge in [-0.25, -0.2) is 0 Å². The SMILES string of the molecule is O=C(Cc1c(Cl)cccc1Cl)N1N=C(C2CC2)C[C@]1(O)C(F)(F)F. The summed E-state index contributed by atoms with van der Waals surface area (Å²) in [6.45, 7) is 0. The van der Waals surface area contributed by atoms with Crippen LogP contribution in [0.15, 0.2) is 23.3 Å². The Morgan fingerprint density at radius 2 is 1.92 bits per heavy atom. The van der Waals surface area contributed by atoms with Crippen LogP contribution in [-0.2, 0) is 11.2 Å². The second-order valence-electron chi connectivity index (χ2n) is 5.94. The quantitative estimate of drug-likeness (QED) is 0.867. The number of nitrogens with zero attached hydrogens (tertiary/aromatic N) is 2. The lowest BCUT2D eigenvalue weighted by Gasteiger charge is -2.32. The topological polar surface area (TPSA) is 52.9 Å². The van der Waals surface area contributed by atoms with Crippen LogP contribution < -0.4 is 0 Å².